The van der Waals surface area contributed by atoms with Gasteiger partial charge in [-0.15, -0.1) is 0 Å². The summed E-state index contributed by atoms with van der Waals surface area (Å²) in [4.78, 5) is 2.31. The van der Waals surface area contributed by atoms with Crippen molar-refractivity contribution in [3.05, 3.63) is 34.4 Å². The van der Waals surface area contributed by atoms with Crippen LogP contribution in [0.15, 0.2) is 12.1 Å². The van der Waals surface area contributed by atoms with E-state index in [4.69, 9.17) is 0 Å². The first-order valence-corrected chi connectivity index (χ1v) is 7.11. The fraction of sp³-hybridized carbons (Fsp3) is 0.647. The lowest BCUT2D eigenvalue weighted by Crippen LogP contribution is -2.35. The molecule has 1 N–H and O–H groups in total. The van der Waals surface area contributed by atoms with E-state index < -0.39 is 0 Å². The summed E-state index contributed by atoms with van der Waals surface area (Å²) < 4.78 is 0. The van der Waals surface area contributed by atoms with Gasteiger partial charge >= 0.3 is 0 Å². The minimum Gasteiger partial charge on any atom is -0.396 e. The topological polar surface area (TPSA) is 23.5 Å². The van der Waals surface area contributed by atoms with E-state index in [1.165, 1.54) is 22.3 Å². The molecule has 19 heavy (non-hydrogen) atoms. The van der Waals surface area contributed by atoms with Crippen LogP contribution in [0.3, 0.4) is 0 Å². The average molecular weight is 263 g/mol. The number of rotatable bonds is 6. The highest BCUT2D eigenvalue weighted by atomic mass is 16.3. The summed E-state index contributed by atoms with van der Waals surface area (Å²) in [5.41, 5.74) is 5.55. The summed E-state index contributed by atoms with van der Waals surface area (Å²) in [6.07, 6.45) is 1.07. The molecule has 2 heteroatoms. The first-order chi connectivity index (χ1) is 8.75. The van der Waals surface area contributed by atoms with Crippen molar-refractivity contribution >= 4 is 0 Å². The molecule has 0 aliphatic heterocycles. The smallest absolute Gasteiger partial charge is 0.0494 e. The van der Waals surface area contributed by atoms with Crippen LogP contribution >= 0.6 is 0 Å². The molecular formula is C17H29NO. The summed E-state index contributed by atoms with van der Waals surface area (Å²) in [6.45, 7) is 12.9. The molecule has 0 bridgehead atoms. The predicted octanol–water partition coefficient (Wildman–Crippen LogP) is 3.10. The lowest BCUT2D eigenvalue weighted by Gasteiger charge is -2.28. The molecule has 2 nitrogen and oxygen atoms in total. The summed E-state index contributed by atoms with van der Waals surface area (Å²) in [5, 5.41) is 9.31. The molecule has 0 aliphatic carbocycles. The van der Waals surface area contributed by atoms with Crippen molar-refractivity contribution in [1.82, 2.24) is 4.90 Å². The number of benzene rings is 1. The number of likely N-dealkylation sites (N-methyl/N-ethyl adjacent to an activating group) is 1. The molecule has 0 aliphatic rings. The number of aryl methyl sites for hydroxylation is 3. The third-order valence-electron chi connectivity index (χ3n) is 3.84. The van der Waals surface area contributed by atoms with Gasteiger partial charge in [-0.25, -0.2) is 0 Å². The second kappa shape index (κ2) is 6.53. The zero-order valence-electron chi connectivity index (χ0n) is 13.4. The van der Waals surface area contributed by atoms with Crippen molar-refractivity contribution in [2.45, 2.75) is 41.0 Å². The SMILES string of the molecule is Cc1cc(C)c(CCN(C)CC(C)(C)CO)cc1C. The molecule has 1 aromatic rings. The van der Waals surface area contributed by atoms with Gasteiger partial charge in [0.2, 0.25) is 0 Å². The first kappa shape index (κ1) is 16.2. The van der Waals surface area contributed by atoms with Crippen LogP contribution in [0.5, 0.6) is 0 Å². The van der Waals surface area contributed by atoms with Crippen LogP contribution < -0.4 is 0 Å². The Morgan fingerprint density at radius 3 is 2.21 bits per heavy atom. The van der Waals surface area contributed by atoms with Gasteiger partial charge in [-0.1, -0.05) is 26.0 Å². The number of aliphatic hydroxyl groups excluding tert-OH is 1. The van der Waals surface area contributed by atoms with Crippen LogP contribution in [0, 0.1) is 26.2 Å². The van der Waals surface area contributed by atoms with Gasteiger partial charge in [-0.3, -0.25) is 0 Å². The molecule has 0 atom stereocenters. The third-order valence-corrected chi connectivity index (χ3v) is 3.84. The van der Waals surface area contributed by atoms with E-state index in [2.05, 4.69) is 58.7 Å². The molecule has 1 rings (SSSR count). The van der Waals surface area contributed by atoms with Crippen LogP contribution in [0.2, 0.25) is 0 Å². The van der Waals surface area contributed by atoms with Crippen molar-refractivity contribution in [1.29, 1.82) is 0 Å². The fourth-order valence-corrected chi connectivity index (χ4v) is 2.46. The van der Waals surface area contributed by atoms with E-state index in [0.717, 1.165) is 19.5 Å². The Hall–Kier alpha value is -0.860. The summed E-state index contributed by atoms with van der Waals surface area (Å²) in [6, 6.07) is 4.60. The highest BCUT2D eigenvalue weighted by molar-refractivity contribution is 5.36. The monoisotopic (exact) mass is 263 g/mol. The molecule has 0 amide bonds. The van der Waals surface area contributed by atoms with Gasteiger partial charge in [-0.2, -0.15) is 0 Å². The fourth-order valence-electron chi connectivity index (χ4n) is 2.46. The van der Waals surface area contributed by atoms with Gasteiger partial charge in [0.25, 0.3) is 0 Å². The Morgan fingerprint density at radius 2 is 1.63 bits per heavy atom. The minimum atomic E-state index is -0.0208. The zero-order chi connectivity index (χ0) is 14.6. The molecule has 1 aromatic carbocycles. The van der Waals surface area contributed by atoms with E-state index in [0.29, 0.717) is 0 Å². The molecule has 0 saturated carbocycles. The first-order valence-electron chi connectivity index (χ1n) is 7.11. The van der Waals surface area contributed by atoms with Gasteiger partial charge in [0.05, 0.1) is 0 Å². The third kappa shape index (κ3) is 4.96. The molecule has 0 radical (unpaired) electrons. The minimum absolute atomic E-state index is 0.0208. The Labute approximate surface area is 118 Å². The van der Waals surface area contributed by atoms with Gasteiger partial charge in [0, 0.05) is 25.1 Å². The van der Waals surface area contributed by atoms with E-state index in [1.807, 2.05) is 0 Å². The van der Waals surface area contributed by atoms with Crippen molar-refractivity contribution in [3.8, 4) is 0 Å². The molecule has 108 valence electrons. The molecule has 0 aromatic heterocycles. The highest BCUT2D eigenvalue weighted by Gasteiger charge is 2.18. The Balaban J connectivity index is 2.60. The van der Waals surface area contributed by atoms with Crippen molar-refractivity contribution in [2.75, 3.05) is 26.7 Å². The zero-order valence-corrected chi connectivity index (χ0v) is 13.4. The number of aliphatic hydroxyl groups is 1. The number of hydrogen-bond donors (Lipinski definition) is 1. The molecule has 0 saturated heterocycles. The number of nitrogens with zero attached hydrogens (tertiary/aromatic N) is 1. The molecule has 0 spiro atoms. The highest BCUT2D eigenvalue weighted by Crippen LogP contribution is 2.18. The second-order valence-corrected chi connectivity index (χ2v) is 6.67. The molecule has 0 heterocycles. The van der Waals surface area contributed by atoms with Crippen LogP contribution in [-0.4, -0.2) is 36.8 Å². The maximum atomic E-state index is 9.31. The normalized spacial score (nSPS) is 12.2. The predicted molar refractivity (Wildman–Crippen MR) is 82.7 cm³/mol. The summed E-state index contributed by atoms with van der Waals surface area (Å²) >= 11 is 0. The van der Waals surface area contributed by atoms with Crippen molar-refractivity contribution < 1.29 is 5.11 Å². The van der Waals surface area contributed by atoms with Crippen LogP contribution in [0.1, 0.15) is 36.1 Å². The van der Waals surface area contributed by atoms with E-state index in [-0.39, 0.29) is 12.0 Å². The Kier molecular flexibility index (Phi) is 5.57. The maximum absolute atomic E-state index is 9.31. The van der Waals surface area contributed by atoms with Gasteiger partial charge < -0.3 is 10.0 Å². The van der Waals surface area contributed by atoms with Crippen LogP contribution in [0.4, 0.5) is 0 Å². The largest absolute Gasteiger partial charge is 0.396 e. The average Bonchev–Trinajstić information content (AvgIpc) is 2.31. The lowest BCUT2D eigenvalue weighted by atomic mass is 9.94. The Morgan fingerprint density at radius 1 is 1.05 bits per heavy atom. The second-order valence-electron chi connectivity index (χ2n) is 6.67. The lowest BCUT2D eigenvalue weighted by molar-refractivity contribution is 0.116. The van der Waals surface area contributed by atoms with Crippen LogP contribution in [0.25, 0.3) is 0 Å². The van der Waals surface area contributed by atoms with Crippen molar-refractivity contribution in [3.63, 3.8) is 0 Å². The Bertz CT molecular complexity index is 424. The van der Waals surface area contributed by atoms with E-state index >= 15 is 0 Å². The summed E-state index contributed by atoms with van der Waals surface area (Å²) in [7, 11) is 2.13. The standard InChI is InChI=1S/C17H29NO/c1-13-9-15(3)16(10-14(13)2)7-8-18(6)11-17(4,5)12-19/h9-10,19H,7-8,11-12H2,1-6H3. The van der Waals surface area contributed by atoms with Crippen LogP contribution in [-0.2, 0) is 6.42 Å². The van der Waals surface area contributed by atoms with Gasteiger partial charge in [0.1, 0.15) is 0 Å². The van der Waals surface area contributed by atoms with E-state index in [1.54, 1.807) is 0 Å². The molecular weight excluding hydrogens is 234 g/mol. The maximum Gasteiger partial charge on any atom is 0.0494 e. The van der Waals surface area contributed by atoms with Gasteiger partial charge in [0.15, 0.2) is 0 Å². The quantitative estimate of drug-likeness (QED) is 0.852. The number of hydrogen-bond acceptors (Lipinski definition) is 2. The van der Waals surface area contributed by atoms with E-state index in [9.17, 15) is 5.11 Å². The van der Waals surface area contributed by atoms with Gasteiger partial charge in [-0.05, 0) is 56.5 Å². The molecule has 0 fully saturated rings. The van der Waals surface area contributed by atoms with Crippen molar-refractivity contribution in [2.24, 2.45) is 5.41 Å². The summed E-state index contributed by atoms with van der Waals surface area (Å²) in [5.74, 6) is 0. The molecule has 0 unspecified atom stereocenters.